The Labute approximate surface area is 90.7 Å². The van der Waals surface area contributed by atoms with E-state index in [1.807, 2.05) is 0 Å². The lowest BCUT2D eigenvalue weighted by Crippen LogP contribution is -2.27. The van der Waals surface area contributed by atoms with Crippen LogP contribution in [0.5, 0.6) is 0 Å². The molecule has 1 N–H and O–H groups in total. The molecule has 0 heterocycles. The standard InChI is InChI=1S/C13H29N/c1-5-7-8-9-10-13(14-4)11-12(3)6-2/h12-14H,5-11H2,1-4H3. The second-order valence-corrected chi connectivity index (χ2v) is 4.58. The Bertz CT molecular complexity index is 112. The van der Waals surface area contributed by atoms with Crippen LogP contribution in [-0.4, -0.2) is 13.1 Å². The number of rotatable bonds is 9. The molecule has 0 aromatic rings. The van der Waals surface area contributed by atoms with E-state index in [2.05, 4.69) is 33.1 Å². The van der Waals surface area contributed by atoms with Crippen molar-refractivity contribution in [3.63, 3.8) is 0 Å². The van der Waals surface area contributed by atoms with Gasteiger partial charge in [-0.05, 0) is 25.8 Å². The highest BCUT2D eigenvalue weighted by Crippen LogP contribution is 2.14. The highest BCUT2D eigenvalue weighted by atomic mass is 14.9. The van der Waals surface area contributed by atoms with Crippen LogP contribution in [0.4, 0.5) is 0 Å². The van der Waals surface area contributed by atoms with Crippen molar-refractivity contribution in [1.82, 2.24) is 5.32 Å². The summed E-state index contributed by atoms with van der Waals surface area (Å²) in [4.78, 5) is 0. The molecule has 0 saturated carbocycles. The van der Waals surface area contributed by atoms with Crippen molar-refractivity contribution >= 4 is 0 Å². The molecule has 2 unspecified atom stereocenters. The summed E-state index contributed by atoms with van der Waals surface area (Å²) in [5.74, 6) is 0.874. The zero-order chi connectivity index (χ0) is 10.8. The van der Waals surface area contributed by atoms with Gasteiger partial charge in [0, 0.05) is 6.04 Å². The lowest BCUT2D eigenvalue weighted by molar-refractivity contribution is 0.384. The van der Waals surface area contributed by atoms with Crippen LogP contribution >= 0.6 is 0 Å². The molecule has 0 aliphatic rings. The van der Waals surface area contributed by atoms with Crippen LogP contribution in [0.1, 0.15) is 65.7 Å². The third-order valence-corrected chi connectivity index (χ3v) is 3.20. The first-order chi connectivity index (χ1) is 6.74. The van der Waals surface area contributed by atoms with Gasteiger partial charge in [0.25, 0.3) is 0 Å². The second kappa shape index (κ2) is 9.51. The molecular formula is C13H29N. The van der Waals surface area contributed by atoms with Gasteiger partial charge in [0.05, 0.1) is 0 Å². The van der Waals surface area contributed by atoms with Gasteiger partial charge < -0.3 is 5.32 Å². The third-order valence-electron chi connectivity index (χ3n) is 3.20. The van der Waals surface area contributed by atoms with E-state index in [0.717, 1.165) is 12.0 Å². The summed E-state index contributed by atoms with van der Waals surface area (Å²) in [7, 11) is 2.10. The quantitative estimate of drug-likeness (QED) is 0.554. The van der Waals surface area contributed by atoms with Crippen LogP contribution in [0.2, 0.25) is 0 Å². The number of unbranched alkanes of at least 4 members (excludes halogenated alkanes) is 3. The van der Waals surface area contributed by atoms with Gasteiger partial charge in [-0.1, -0.05) is 52.9 Å². The minimum absolute atomic E-state index is 0.752. The first-order valence-corrected chi connectivity index (χ1v) is 6.41. The van der Waals surface area contributed by atoms with Gasteiger partial charge in [-0.15, -0.1) is 0 Å². The second-order valence-electron chi connectivity index (χ2n) is 4.58. The third kappa shape index (κ3) is 7.37. The summed E-state index contributed by atoms with van der Waals surface area (Å²) in [5, 5.41) is 3.44. The molecular weight excluding hydrogens is 170 g/mol. The van der Waals surface area contributed by atoms with Crippen LogP contribution in [0, 0.1) is 5.92 Å². The molecule has 0 aliphatic heterocycles. The minimum Gasteiger partial charge on any atom is -0.317 e. The van der Waals surface area contributed by atoms with Crippen molar-refractivity contribution in [2.24, 2.45) is 5.92 Å². The van der Waals surface area contributed by atoms with Gasteiger partial charge in [-0.25, -0.2) is 0 Å². The Balaban J connectivity index is 3.47. The number of hydrogen-bond donors (Lipinski definition) is 1. The molecule has 0 saturated heterocycles. The molecule has 1 nitrogen and oxygen atoms in total. The number of nitrogens with one attached hydrogen (secondary N) is 1. The Hall–Kier alpha value is -0.0400. The fourth-order valence-corrected chi connectivity index (χ4v) is 1.85. The average Bonchev–Trinajstić information content (AvgIpc) is 2.22. The predicted octanol–water partition coefficient (Wildman–Crippen LogP) is 3.98. The molecule has 0 aromatic heterocycles. The zero-order valence-corrected chi connectivity index (χ0v) is 10.6. The molecule has 14 heavy (non-hydrogen) atoms. The topological polar surface area (TPSA) is 12.0 Å². The van der Waals surface area contributed by atoms with Crippen molar-refractivity contribution in [3.05, 3.63) is 0 Å². The molecule has 0 fully saturated rings. The van der Waals surface area contributed by atoms with E-state index < -0.39 is 0 Å². The maximum atomic E-state index is 3.44. The van der Waals surface area contributed by atoms with Crippen LogP contribution in [-0.2, 0) is 0 Å². The summed E-state index contributed by atoms with van der Waals surface area (Å²) < 4.78 is 0. The minimum atomic E-state index is 0.752. The average molecular weight is 199 g/mol. The van der Waals surface area contributed by atoms with Gasteiger partial charge in [0.15, 0.2) is 0 Å². The highest BCUT2D eigenvalue weighted by molar-refractivity contribution is 4.67. The predicted molar refractivity (Wildman–Crippen MR) is 65.7 cm³/mol. The van der Waals surface area contributed by atoms with Crippen molar-refractivity contribution < 1.29 is 0 Å². The summed E-state index contributed by atoms with van der Waals surface area (Å²) in [6, 6.07) is 0.752. The maximum Gasteiger partial charge on any atom is 0.00665 e. The maximum absolute atomic E-state index is 3.44. The number of hydrogen-bond acceptors (Lipinski definition) is 1. The van der Waals surface area contributed by atoms with Crippen molar-refractivity contribution in [1.29, 1.82) is 0 Å². The SMILES string of the molecule is CCCCCCC(CC(C)CC)NC. The van der Waals surface area contributed by atoms with E-state index in [0.29, 0.717) is 0 Å². The van der Waals surface area contributed by atoms with Gasteiger partial charge in [-0.2, -0.15) is 0 Å². The Kier molecular flexibility index (Phi) is 9.49. The van der Waals surface area contributed by atoms with E-state index in [4.69, 9.17) is 0 Å². The zero-order valence-electron chi connectivity index (χ0n) is 10.6. The lowest BCUT2D eigenvalue weighted by Gasteiger charge is -2.19. The normalized spacial score (nSPS) is 15.4. The molecule has 86 valence electrons. The fraction of sp³-hybridized carbons (Fsp3) is 1.00. The fourth-order valence-electron chi connectivity index (χ4n) is 1.85. The van der Waals surface area contributed by atoms with E-state index in [1.165, 1.54) is 44.9 Å². The van der Waals surface area contributed by atoms with E-state index >= 15 is 0 Å². The summed E-state index contributed by atoms with van der Waals surface area (Å²) in [5.41, 5.74) is 0. The molecule has 0 amide bonds. The van der Waals surface area contributed by atoms with Crippen molar-refractivity contribution in [3.8, 4) is 0 Å². The molecule has 1 heteroatoms. The molecule has 0 aromatic carbocycles. The molecule has 2 atom stereocenters. The van der Waals surface area contributed by atoms with Crippen LogP contribution < -0.4 is 5.32 Å². The molecule has 0 rings (SSSR count). The van der Waals surface area contributed by atoms with Crippen LogP contribution in [0.25, 0.3) is 0 Å². The molecule has 0 bridgehead atoms. The van der Waals surface area contributed by atoms with Gasteiger partial charge in [-0.3, -0.25) is 0 Å². The molecule has 0 spiro atoms. The van der Waals surface area contributed by atoms with Gasteiger partial charge >= 0.3 is 0 Å². The first kappa shape index (κ1) is 14.0. The smallest absolute Gasteiger partial charge is 0.00665 e. The lowest BCUT2D eigenvalue weighted by atomic mass is 9.95. The summed E-state index contributed by atoms with van der Waals surface area (Å²) >= 11 is 0. The first-order valence-electron chi connectivity index (χ1n) is 6.41. The molecule has 0 radical (unpaired) electrons. The van der Waals surface area contributed by atoms with E-state index in [-0.39, 0.29) is 0 Å². The van der Waals surface area contributed by atoms with Crippen LogP contribution in [0.3, 0.4) is 0 Å². The summed E-state index contributed by atoms with van der Waals surface area (Å²) in [6.45, 7) is 6.92. The summed E-state index contributed by atoms with van der Waals surface area (Å²) in [6.07, 6.45) is 9.58. The van der Waals surface area contributed by atoms with Crippen LogP contribution in [0.15, 0.2) is 0 Å². The van der Waals surface area contributed by atoms with Crippen molar-refractivity contribution in [2.75, 3.05) is 7.05 Å². The van der Waals surface area contributed by atoms with E-state index in [9.17, 15) is 0 Å². The highest BCUT2D eigenvalue weighted by Gasteiger charge is 2.09. The Morgan fingerprint density at radius 3 is 2.29 bits per heavy atom. The van der Waals surface area contributed by atoms with Gasteiger partial charge in [0.1, 0.15) is 0 Å². The Morgan fingerprint density at radius 1 is 1.07 bits per heavy atom. The van der Waals surface area contributed by atoms with Crippen molar-refractivity contribution in [2.45, 2.75) is 71.8 Å². The molecule has 0 aliphatic carbocycles. The Morgan fingerprint density at radius 2 is 1.79 bits per heavy atom. The van der Waals surface area contributed by atoms with E-state index in [1.54, 1.807) is 0 Å². The monoisotopic (exact) mass is 199 g/mol. The van der Waals surface area contributed by atoms with Gasteiger partial charge in [0.2, 0.25) is 0 Å². The largest absolute Gasteiger partial charge is 0.317 e.